The maximum Gasteiger partial charge on any atom is 0 e. The minimum absolute atomic E-state index is 0. The largest absolute Gasteiger partial charge is 0.331 e. The van der Waals surface area contributed by atoms with Crippen LogP contribution in [0.1, 0.15) is 6.42 Å². The molecule has 0 N–H and O–H groups in total. The van der Waals surface area contributed by atoms with Crippen molar-refractivity contribution >= 4 is 15.8 Å². The van der Waals surface area contributed by atoms with Crippen LogP contribution in [0, 0.1) is 12.3 Å². The van der Waals surface area contributed by atoms with Gasteiger partial charge in [0.15, 0.2) is 0 Å². The van der Waals surface area contributed by atoms with Crippen molar-refractivity contribution < 1.29 is 65.4 Å². The van der Waals surface area contributed by atoms with Crippen LogP contribution in [0.4, 0.5) is 0 Å². The molecule has 2 radical (unpaired) electrons. The molecule has 0 spiro atoms. The van der Waals surface area contributed by atoms with E-state index in [-0.39, 0.29) is 81.3 Å². The average molecular weight is 340 g/mol. The second kappa shape index (κ2) is 13.1. The van der Waals surface area contributed by atoms with Gasteiger partial charge in [-0.15, -0.1) is 0 Å². The summed E-state index contributed by atoms with van der Waals surface area (Å²) in [6.07, 6.45) is 6.05. The molecule has 0 atom stereocenters. The fraction of sp³-hybridized carbons (Fsp3) is 0.714. The summed E-state index contributed by atoms with van der Waals surface area (Å²) in [4.78, 5) is 0. The fourth-order valence-electron chi connectivity index (χ4n) is 0.469. The van der Waals surface area contributed by atoms with E-state index in [1.54, 1.807) is 0 Å². The van der Waals surface area contributed by atoms with Crippen LogP contribution >= 0.6 is 15.8 Å². The van der Waals surface area contributed by atoms with Crippen LogP contribution in [-0.4, -0.2) is 26.7 Å². The molecule has 0 aliphatic heterocycles. The molecule has 0 nitrogen and oxygen atoms in total. The van der Waals surface area contributed by atoms with E-state index in [2.05, 4.69) is 39.0 Å². The maximum atomic E-state index is 2.41. The summed E-state index contributed by atoms with van der Waals surface area (Å²) in [6.45, 7) is 9.15. The molecule has 0 aromatic heterocycles. The minimum Gasteiger partial charge on any atom is -0.331 e. The van der Waals surface area contributed by atoms with E-state index < -0.39 is 0 Å². The third kappa shape index (κ3) is 19.5. The normalized spacial score (nSPS) is 9.27. The Hall–Kier alpha value is 3.07. The summed E-state index contributed by atoms with van der Waals surface area (Å²) in [5.74, 6) is 0. The molecule has 0 aliphatic carbocycles. The smallest absolute Gasteiger partial charge is 0 e. The summed E-state index contributed by atoms with van der Waals surface area (Å²) in [5.41, 5.74) is 0. The molecule has 0 unspecified atom stereocenters. The van der Waals surface area contributed by atoms with Crippen molar-refractivity contribution in [3.63, 3.8) is 0 Å². The van der Waals surface area contributed by atoms with Crippen molar-refractivity contribution in [2.75, 3.05) is 26.7 Å². The Morgan fingerprint density at radius 2 is 1.09 bits per heavy atom. The average Bonchev–Trinajstić information content (AvgIpc) is 1.63. The number of hydrogen-bond donors (Lipinski definition) is 0. The molecule has 0 saturated carbocycles. The molecule has 0 rings (SSSR count). The first-order valence-corrected chi connectivity index (χ1v) is 7.73. The van der Waals surface area contributed by atoms with Crippen molar-refractivity contribution in [2.45, 2.75) is 6.42 Å². The van der Waals surface area contributed by atoms with Gasteiger partial charge in [0.2, 0.25) is 0 Å². The monoisotopic (exact) mass is 340 g/mol. The summed E-state index contributed by atoms with van der Waals surface area (Å²) in [5, 5.41) is 0. The van der Waals surface area contributed by atoms with Gasteiger partial charge < -0.3 is 18.7 Å². The second-order valence-electron chi connectivity index (χ2n) is 2.53. The first kappa shape index (κ1) is 19.6. The summed E-state index contributed by atoms with van der Waals surface area (Å²) in [7, 11) is 0.446. The number of rotatable bonds is 4. The molecule has 0 fully saturated rings. The number of hydrogen-bond acceptors (Lipinski definition) is 0. The van der Waals surface area contributed by atoms with Gasteiger partial charge in [0, 0.05) is 65.4 Å². The predicted octanol–water partition coefficient (Wildman–Crippen LogP) is 3.18. The van der Waals surface area contributed by atoms with Crippen molar-refractivity contribution in [1.82, 2.24) is 0 Å². The fourth-order valence-corrected chi connectivity index (χ4v) is 1.69. The zero-order chi connectivity index (χ0) is 7.28. The minimum atomic E-state index is 0. The van der Waals surface area contributed by atoms with Crippen LogP contribution in [0.2, 0.25) is 0 Å². The Morgan fingerprint density at radius 3 is 1.27 bits per heavy atom. The van der Waals surface area contributed by atoms with Crippen molar-refractivity contribution in [2.24, 2.45) is 0 Å². The summed E-state index contributed by atoms with van der Waals surface area (Å²) >= 11 is 0. The SMILES string of the molecule is CP(C)[CH-]C[CH-]P(C)C.[Y].[Y]. The van der Waals surface area contributed by atoms with Gasteiger partial charge in [0.1, 0.15) is 0 Å². The van der Waals surface area contributed by atoms with Gasteiger partial charge in [-0.05, 0) is 0 Å². The molecular weight excluding hydrogens is 324 g/mol. The van der Waals surface area contributed by atoms with Crippen LogP contribution in [0.25, 0.3) is 0 Å². The maximum absolute atomic E-state index is 2.41. The van der Waals surface area contributed by atoms with Crippen LogP contribution in [-0.2, 0) is 65.4 Å². The quantitative estimate of drug-likeness (QED) is 0.545. The van der Waals surface area contributed by atoms with Gasteiger partial charge in [-0.25, -0.2) is 0 Å². The van der Waals surface area contributed by atoms with Crippen LogP contribution < -0.4 is 0 Å². The van der Waals surface area contributed by atoms with E-state index in [9.17, 15) is 0 Å². The van der Waals surface area contributed by atoms with E-state index in [4.69, 9.17) is 0 Å². The second-order valence-corrected chi connectivity index (χ2v) is 7.11. The first-order valence-electron chi connectivity index (χ1n) is 3.12. The molecule has 11 heavy (non-hydrogen) atoms. The van der Waals surface area contributed by atoms with Gasteiger partial charge >= 0.3 is 0 Å². The van der Waals surface area contributed by atoms with Gasteiger partial charge in [0.25, 0.3) is 0 Å². The first-order chi connectivity index (χ1) is 4.13. The van der Waals surface area contributed by atoms with Crippen molar-refractivity contribution in [3.8, 4) is 0 Å². The molecule has 0 bridgehead atoms. The van der Waals surface area contributed by atoms with Crippen molar-refractivity contribution in [1.29, 1.82) is 0 Å². The van der Waals surface area contributed by atoms with Gasteiger partial charge in [-0.2, -0.15) is 0 Å². The van der Waals surface area contributed by atoms with Gasteiger partial charge in [-0.3, -0.25) is 15.8 Å². The van der Waals surface area contributed by atoms with Crippen molar-refractivity contribution in [3.05, 3.63) is 12.3 Å². The van der Waals surface area contributed by atoms with E-state index in [1.165, 1.54) is 6.42 Å². The zero-order valence-corrected chi connectivity index (χ0v) is 15.4. The van der Waals surface area contributed by atoms with E-state index in [0.717, 1.165) is 0 Å². The molecule has 0 amide bonds. The molecule has 62 valence electrons. The van der Waals surface area contributed by atoms with E-state index in [0.29, 0.717) is 0 Å². The zero-order valence-electron chi connectivity index (χ0n) is 7.91. The Balaban J connectivity index is -0.000000320. The van der Waals surface area contributed by atoms with Crippen LogP contribution in [0.15, 0.2) is 0 Å². The van der Waals surface area contributed by atoms with Crippen LogP contribution in [0.5, 0.6) is 0 Å². The third-order valence-corrected chi connectivity index (χ3v) is 2.82. The van der Waals surface area contributed by atoms with Crippen LogP contribution in [0.3, 0.4) is 0 Å². The Bertz CT molecular complexity index is 59.5. The molecule has 0 aliphatic rings. The molecule has 4 heteroatoms. The van der Waals surface area contributed by atoms with Gasteiger partial charge in [0.05, 0.1) is 0 Å². The summed E-state index contributed by atoms with van der Waals surface area (Å²) in [6, 6.07) is 0. The standard InChI is InChI=1S/C7H16P2.2Y/c1-8(2)6-5-7-9(3)4;;/h6-7H,5H2,1-4H3;;/q-2;;. The predicted molar refractivity (Wildman–Crippen MR) is 50.8 cm³/mol. The Morgan fingerprint density at radius 1 is 0.818 bits per heavy atom. The molecule has 0 saturated heterocycles. The molecule has 0 aromatic rings. The van der Waals surface area contributed by atoms with E-state index in [1.807, 2.05) is 0 Å². The van der Waals surface area contributed by atoms with E-state index >= 15 is 0 Å². The topological polar surface area (TPSA) is 0 Å². The van der Waals surface area contributed by atoms with Gasteiger partial charge in [-0.1, -0.05) is 26.7 Å². The third-order valence-electron chi connectivity index (χ3n) is 0.941. The Kier molecular flexibility index (Phi) is 23.3. The Labute approximate surface area is 125 Å². The molecule has 0 aromatic carbocycles. The molecular formula is C7H16P2Y2-2. The summed E-state index contributed by atoms with van der Waals surface area (Å²) < 4.78 is 0. The molecule has 0 heterocycles.